The smallest absolute Gasteiger partial charge is 0.231 e. The summed E-state index contributed by atoms with van der Waals surface area (Å²) in [6.07, 6.45) is 2.01. The highest BCUT2D eigenvalue weighted by Crippen LogP contribution is 2.34. The number of aliphatic imine (C=N–C) groups is 1. The van der Waals surface area contributed by atoms with E-state index in [9.17, 15) is 0 Å². The Balaban J connectivity index is 0.00000240. The third-order valence-corrected chi connectivity index (χ3v) is 5.55. The topological polar surface area (TPSA) is 64.1 Å². The molecule has 0 spiro atoms. The van der Waals surface area contributed by atoms with Crippen LogP contribution in [-0.4, -0.2) is 39.6 Å². The van der Waals surface area contributed by atoms with Crippen LogP contribution in [0.3, 0.4) is 0 Å². The highest BCUT2D eigenvalue weighted by atomic mass is 127. The lowest BCUT2D eigenvalue weighted by Crippen LogP contribution is -2.47. The number of halogens is 1. The van der Waals surface area contributed by atoms with Gasteiger partial charge in [0.25, 0.3) is 0 Å². The third kappa shape index (κ3) is 5.14. The highest BCUT2D eigenvalue weighted by Gasteiger charge is 2.34. The molecule has 2 aliphatic heterocycles. The molecule has 156 valence electrons. The van der Waals surface area contributed by atoms with Crippen molar-refractivity contribution >= 4 is 29.9 Å². The number of nitrogens with zero attached hydrogens (tertiary/aromatic N) is 1. The molecule has 2 aromatic rings. The van der Waals surface area contributed by atoms with Gasteiger partial charge >= 0.3 is 0 Å². The van der Waals surface area contributed by atoms with Crippen LogP contribution in [0.2, 0.25) is 0 Å². The first-order chi connectivity index (χ1) is 13.8. The Labute approximate surface area is 189 Å². The zero-order chi connectivity index (χ0) is 19.2. The first kappa shape index (κ1) is 21.7. The molecule has 7 heteroatoms. The number of ether oxygens (including phenoxy) is 3. The maximum Gasteiger partial charge on any atom is 0.231 e. The van der Waals surface area contributed by atoms with E-state index in [0.717, 1.165) is 55.6 Å². The number of nitrogens with one attached hydrogen (secondary N) is 2. The fourth-order valence-corrected chi connectivity index (χ4v) is 3.83. The molecule has 0 unspecified atom stereocenters. The van der Waals surface area contributed by atoms with Crippen molar-refractivity contribution in [1.82, 2.24) is 10.6 Å². The van der Waals surface area contributed by atoms with Gasteiger partial charge in [-0.05, 0) is 36.1 Å². The number of hydrogen-bond acceptors (Lipinski definition) is 4. The second-order valence-electron chi connectivity index (χ2n) is 7.23. The van der Waals surface area contributed by atoms with Crippen LogP contribution in [0.25, 0.3) is 0 Å². The highest BCUT2D eigenvalue weighted by molar-refractivity contribution is 14.0. The zero-order valence-corrected chi connectivity index (χ0v) is 19.0. The standard InChI is InChI=1S/C22H27N3O3.HI/c1-23-21(24-14-17-7-8-19-20(13-17)28-16-27-19)25-15-22(9-11-26-12-10-22)18-5-3-2-4-6-18;/h2-8,13H,9-12,14-16H2,1H3,(H2,23,24,25);1H. The van der Waals surface area contributed by atoms with Crippen molar-refractivity contribution in [2.75, 3.05) is 33.6 Å². The molecule has 0 saturated carbocycles. The number of benzene rings is 2. The van der Waals surface area contributed by atoms with Crippen molar-refractivity contribution in [3.8, 4) is 11.5 Å². The maximum atomic E-state index is 5.63. The van der Waals surface area contributed by atoms with Crippen molar-refractivity contribution in [3.63, 3.8) is 0 Å². The number of rotatable bonds is 5. The molecule has 2 aliphatic rings. The molecule has 29 heavy (non-hydrogen) atoms. The summed E-state index contributed by atoms with van der Waals surface area (Å²) in [7, 11) is 1.80. The first-order valence-corrected chi connectivity index (χ1v) is 9.75. The van der Waals surface area contributed by atoms with Crippen LogP contribution in [0.1, 0.15) is 24.0 Å². The van der Waals surface area contributed by atoms with E-state index < -0.39 is 0 Å². The minimum Gasteiger partial charge on any atom is -0.454 e. The largest absolute Gasteiger partial charge is 0.454 e. The summed E-state index contributed by atoms with van der Waals surface area (Å²) < 4.78 is 16.4. The predicted octanol–water partition coefficient (Wildman–Crippen LogP) is 3.45. The number of guanidine groups is 1. The van der Waals surface area contributed by atoms with E-state index in [0.29, 0.717) is 13.3 Å². The van der Waals surface area contributed by atoms with Gasteiger partial charge in [0, 0.05) is 38.8 Å². The predicted molar refractivity (Wildman–Crippen MR) is 124 cm³/mol. The van der Waals surface area contributed by atoms with Gasteiger partial charge in [-0.25, -0.2) is 0 Å². The molecule has 0 atom stereocenters. The van der Waals surface area contributed by atoms with Gasteiger partial charge in [0.2, 0.25) is 6.79 Å². The molecule has 0 amide bonds. The zero-order valence-electron chi connectivity index (χ0n) is 16.6. The van der Waals surface area contributed by atoms with E-state index in [4.69, 9.17) is 14.2 Å². The fraction of sp³-hybridized carbons (Fsp3) is 0.409. The summed E-state index contributed by atoms with van der Waals surface area (Å²) in [6, 6.07) is 16.7. The molecular formula is C22H28IN3O3. The molecule has 0 bridgehead atoms. The van der Waals surface area contributed by atoms with Crippen LogP contribution >= 0.6 is 24.0 Å². The van der Waals surface area contributed by atoms with Gasteiger partial charge in [0.15, 0.2) is 17.5 Å². The summed E-state index contributed by atoms with van der Waals surface area (Å²) in [4.78, 5) is 4.39. The summed E-state index contributed by atoms with van der Waals surface area (Å²) in [5, 5.41) is 6.92. The Bertz CT molecular complexity index is 823. The van der Waals surface area contributed by atoms with Gasteiger partial charge in [-0.15, -0.1) is 24.0 Å². The lowest BCUT2D eigenvalue weighted by atomic mass is 9.74. The van der Waals surface area contributed by atoms with E-state index in [1.54, 1.807) is 7.05 Å². The minimum atomic E-state index is 0. The second kappa shape index (κ2) is 10.2. The summed E-state index contributed by atoms with van der Waals surface area (Å²) in [5.74, 6) is 2.39. The van der Waals surface area contributed by atoms with Gasteiger partial charge in [0.05, 0.1) is 0 Å². The molecule has 2 heterocycles. The van der Waals surface area contributed by atoms with Gasteiger partial charge in [0.1, 0.15) is 0 Å². The maximum absolute atomic E-state index is 5.63. The number of hydrogen-bond donors (Lipinski definition) is 2. The monoisotopic (exact) mass is 509 g/mol. The van der Waals surface area contributed by atoms with Crippen LogP contribution in [0.5, 0.6) is 11.5 Å². The average Bonchev–Trinajstić information content (AvgIpc) is 3.23. The molecule has 4 rings (SSSR count). The summed E-state index contributed by atoms with van der Waals surface area (Å²) >= 11 is 0. The Hall–Kier alpha value is -2.00. The molecule has 0 aliphatic carbocycles. The second-order valence-corrected chi connectivity index (χ2v) is 7.23. The minimum absolute atomic E-state index is 0. The van der Waals surface area contributed by atoms with Crippen molar-refractivity contribution in [2.45, 2.75) is 24.8 Å². The lowest BCUT2D eigenvalue weighted by molar-refractivity contribution is 0.0514. The first-order valence-electron chi connectivity index (χ1n) is 9.75. The van der Waals surface area contributed by atoms with E-state index in [2.05, 4.69) is 46.0 Å². The molecule has 0 radical (unpaired) electrons. The molecule has 6 nitrogen and oxygen atoms in total. The Morgan fingerprint density at radius 2 is 1.76 bits per heavy atom. The normalized spacial score (nSPS) is 17.3. The lowest BCUT2D eigenvalue weighted by Gasteiger charge is -2.38. The third-order valence-electron chi connectivity index (χ3n) is 5.55. The van der Waals surface area contributed by atoms with Gasteiger partial charge < -0.3 is 24.8 Å². The van der Waals surface area contributed by atoms with E-state index in [1.165, 1.54) is 5.56 Å². The molecule has 1 fully saturated rings. The molecule has 0 aromatic heterocycles. The van der Waals surface area contributed by atoms with Gasteiger partial charge in [-0.3, -0.25) is 4.99 Å². The molecule has 2 aromatic carbocycles. The van der Waals surface area contributed by atoms with Crippen LogP contribution in [-0.2, 0) is 16.7 Å². The summed E-state index contributed by atoms with van der Waals surface area (Å²) in [5.41, 5.74) is 2.55. The van der Waals surface area contributed by atoms with Crippen molar-refractivity contribution in [1.29, 1.82) is 0 Å². The van der Waals surface area contributed by atoms with E-state index in [-0.39, 0.29) is 29.4 Å². The van der Waals surface area contributed by atoms with Gasteiger partial charge in [-0.2, -0.15) is 0 Å². The van der Waals surface area contributed by atoms with E-state index >= 15 is 0 Å². The quantitative estimate of drug-likeness (QED) is 0.368. The van der Waals surface area contributed by atoms with E-state index in [1.807, 2.05) is 18.2 Å². The summed E-state index contributed by atoms with van der Waals surface area (Å²) in [6.45, 7) is 3.36. The van der Waals surface area contributed by atoms with Crippen LogP contribution in [0.4, 0.5) is 0 Å². The van der Waals surface area contributed by atoms with Crippen molar-refractivity contribution < 1.29 is 14.2 Å². The van der Waals surface area contributed by atoms with Crippen LogP contribution < -0.4 is 20.1 Å². The van der Waals surface area contributed by atoms with Crippen molar-refractivity contribution in [2.24, 2.45) is 4.99 Å². The number of fused-ring (bicyclic) bond motifs is 1. The molecule has 2 N–H and O–H groups in total. The Kier molecular flexibility index (Phi) is 7.60. The molecular weight excluding hydrogens is 481 g/mol. The van der Waals surface area contributed by atoms with Crippen molar-refractivity contribution in [3.05, 3.63) is 59.7 Å². The van der Waals surface area contributed by atoms with Crippen LogP contribution in [0, 0.1) is 0 Å². The van der Waals surface area contributed by atoms with Crippen LogP contribution in [0.15, 0.2) is 53.5 Å². The average molecular weight is 509 g/mol. The SMILES string of the molecule is CN=C(NCc1ccc2c(c1)OCO2)NCC1(c2ccccc2)CCOCC1.I. The Morgan fingerprint density at radius 3 is 2.52 bits per heavy atom. The fourth-order valence-electron chi connectivity index (χ4n) is 3.83. The van der Waals surface area contributed by atoms with Gasteiger partial charge in [-0.1, -0.05) is 36.4 Å². The Morgan fingerprint density at radius 1 is 1.00 bits per heavy atom. The molecule has 1 saturated heterocycles.